The predicted molar refractivity (Wildman–Crippen MR) is 96.2 cm³/mol. The molecular weight excluding hydrogens is 334 g/mol. The summed E-state index contributed by atoms with van der Waals surface area (Å²) in [6.45, 7) is 3.63. The third-order valence-electron chi connectivity index (χ3n) is 4.20. The average Bonchev–Trinajstić information content (AvgIpc) is 3.11. The van der Waals surface area contributed by atoms with Crippen molar-refractivity contribution in [1.29, 1.82) is 0 Å². The molecule has 1 aliphatic heterocycles. The number of nitrogens with one attached hydrogen (secondary N) is 1. The summed E-state index contributed by atoms with van der Waals surface area (Å²) in [7, 11) is 0. The van der Waals surface area contributed by atoms with Crippen molar-refractivity contribution in [2.24, 2.45) is 0 Å². The molecule has 0 aliphatic carbocycles. The van der Waals surface area contributed by atoms with Crippen LogP contribution in [0.4, 0.5) is 5.69 Å². The summed E-state index contributed by atoms with van der Waals surface area (Å²) in [6, 6.07) is 14.5. The Labute approximate surface area is 152 Å². The Kier molecular flexibility index (Phi) is 5.41. The van der Waals surface area contributed by atoms with E-state index in [9.17, 15) is 9.59 Å². The van der Waals surface area contributed by atoms with Gasteiger partial charge in [0.1, 0.15) is 0 Å². The second-order valence-electron chi connectivity index (χ2n) is 6.01. The van der Waals surface area contributed by atoms with Gasteiger partial charge in [-0.2, -0.15) is 0 Å². The smallest absolute Gasteiger partial charge is 0.314 e. The van der Waals surface area contributed by atoms with Crippen molar-refractivity contribution in [3.63, 3.8) is 0 Å². The van der Waals surface area contributed by atoms with E-state index < -0.39 is 23.9 Å². The summed E-state index contributed by atoms with van der Waals surface area (Å²) < 4.78 is 15.9. The molecule has 0 fully saturated rings. The van der Waals surface area contributed by atoms with Crippen LogP contribution >= 0.6 is 0 Å². The number of fused-ring (bicyclic) bond motifs is 1. The van der Waals surface area contributed by atoms with Gasteiger partial charge >= 0.3 is 5.97 Å². The summed E-state index contributed by atoms with van der Waals surface area (Å²) in [5.41, 5.74) is 1.43. The van der Waals surface area contributed by atoms with Gasteiger partial charge in [0.05, 0.1) is 5.92 Å². The lowest BCUT2D eigenvalue weighted by Gasteiger charge is -2.18. The quantitative estimate of drug-likeness (QED) is 0.803. The van der Waals surface area contributed by atoms with Crippen LogP contribution < -0.4 is 14.8 Å². The zero-order valence-corrected chi connectivity index (χ0v) is 14.7. The van der Waals surface area contributed by atoms with Crippen molar-refractivity contribution in [1.82, 2.24) is 0 Å². The van der Waals surface area contributed by atoms with Gasteiger partial charge < -0.3 is 19.5 Å². The number of esters is 1. The number of hydrogen-bond donors (Lipinski definition) is 1. The number of ether oxygens (including phenoxy) is 3. The van der Waals surface area contributed by atoms with E-state index in [0.29, 0.717) is 23.6 Å². The first kappa shape index (κ1) is 17.8. The zero-order chi connectivity index (χ0) is 18.5. The molecule has 0 saturated carbocycles. The Morgan fingerprint density at radius 3 is 2.58 bits per heavy atom. The SMILES string of the molecule is CC[C@H](C(=O)O[C@@H](C)C(=O)Nc1ccc2c(c1)OCO2)c1ccccc1. The standard InChI is InChI=1S/C20H21NO5/c1-3-16(14-7-5-4-6-8-14)20(23)26-13(2)19(22)21-15-9-10-17-18(11-15)25-12-24-17/h4-11,13,16H,3,12H2,1-2H3,(H,21,22)/t13-,16-/m0/s1. The zero-order valence-electron chi connectivity index (χ0n) is 14.7. The van der Waals surface area contributed by atoms with E-state index in [1.807, 2.05) is 37.3 Å². The van der Waals surface area contributed by atoms with Gasteiger partial charge in [-0.1, -0.05) is 37.3 Å². The van der Waals surface area contributed by atoms with Gasteiger partial charge in [-0.05, 0) is 31.0 Å². The topological polar surface area (TPSA) is 73.9 Å². The summed E-state index contributed by atoms with van der Waals surface area (Å²) >= 11 is 0. The second kappa shape index (κ2) is 7.91. The molecule has 0 radical (unpaired) electrons. The van der Waals surface area contributed by atoms with Gasteiger partial charge in [0, 0.05) is 11.8 Å². The lowest BCUT2D eigenvalue weighted by Crippen LogP contribution is -2.31. The molecule has 1 aliphatic rings. The van der Waals surface area contributed by atoms with Gasteiger partial charge in [-0.25, -0.2) is 0 Å². The van der Waals surface area contributed by atoms with Crippen LogP contribution in [-0.4, -0.2) is 24.8 Å². The van der Waals surface area contributed by atoms with Crippen molar-refractivity contribution in [2.75, 3.05) is 12.1 Å². The maximum absolute atomic E-state index is 12.5. The van der Waals surface area contributed by atoms with Crippen LogP contribution in [0.15, 0.2) is 48.5 Å². The Hall–Kier alpha value is -3.02. The van der Waals surface area contributed by atoms with Gasteiger partial charge in [0.25, 0.3) is 5.91 Å². The molecular formula is C20H21NO5. The van der Waals surface area contributed by atoms with Crippen LogP contribution in [0.25, 0.3) is 0 Å². The molecule has 0 spiro atoms. The first-order valence-corrected chi connectivity index (χ1v) is 8.54. The monoisotopic (exact) mass is 355 g/mol. The average molecular weight is 355 g/mol. The summed E-state index contributed by atoms with van der Waals surface area (Å²) in [6.07, 6.45) is -0.315. The number of rotatable bonds is 6. The van der Waals surface area contributed by atoms with Crippen molar-refractivity contribution in [2.45, 2.75) is 32.3 Å². The molecule has 2 aromatic carbocycles. The molecule has 26 heavy (non-hydrogen) atoms. The Morgan fingerprint density at radius 1 is 1.12 bits per heavy atom. The number of carbonyl (C=O) groups excluding carboxylic acids is 2. The molecule has 0 saturated heterocycles. The van der Waals surface area contributed by atoms with Crippen LogP contribution in [0, 0.1) is 0 Å². The van der Waals surface area contributed by atoms with E-state index >= 15 is 0 Å². The van der Waals surface area contributed by atoms with Gasteiger partial charge in [0.2, 0.25) is 6.79 Å². The molecule has 6 heteroatoms. The normalized spacial score (nSPS) is 14.4. The Bertz CT molecular complexity index is 790. The predicted octanol–water partition coefficient (Wildman–Crippen LogP) is 3.48. The minimum Gasteiger partial charge on any atom is -0.454 e. The van der Waals surface area contributed by atoms with Gasteiger partial charge in [0.15, 0.2) is 17.6 Å². The van der Waals surface area contributed by atoms with Crippen molar-refractivity contribution in [3.05, 3.63) is 54.1 Å². The fraction of sp³-hybridized carbons (Fsp3) is 0.300. The van der Waals surface area contributed by atoms with E-state index in [-0.39, 0.29) is 6.79 Å². The first-order valence-electron chi connectivity index (χ1n) is 8.54. The maximum Gasteiger partial charge on any atom is 0.314 e. The maximum atomic E-state index is 12.5. The first-order chi connectivity index (χ1) is 12.6. The van der Waals surface area contributed by atoms with E-state index in [4.69, 9.17) is 14.2 Å². The van der Waals surface area contributed by atoms with Crippen LogP contribution in [0.2, 0.25) is 0 Å². The Morgan fingerprint density at radius 2 is 1.85 bits per heavy atom. The van der Waals surface area contributed by atoms with Crippen LogP contribution in [0.1, 0.15) is 31.7 Å². The number of anilines is 1. The number of amides is 1. The van der Waals surface area contributed by atoms with Crippen LogP contribution in [0.3, 0.4) is 0 Å². The highest BCUT2D eigenvalue weighted by molar-refractivity contribution is 5.95. The molecule has 2 aromatic rings. The highest BCUT2D eigenvalue weighted by Gasteiger charge is 2.25. The minimum atomic E-state index is -0.911. The molecule has 6 nitrogen and oxygen atoms in total. The van der Waals surface area contributed by atoms with Crippen molar-refractivity contribution in [3.8, 4) is 11.5 Å². The van der Waals surface area contributed by atoms with E-state index in [1.54, 1.807) is 25.1 Å². The fourth-order valence-electron chi connectivity index (χ4n) is 2.75. The molecule has 3 rings (SSSR count). The lowest BCUT2D eigenvalue weighted by atomic mass is 9.97. The van der Waals surface area contributed by atoms with Crippen molar-refractivity contribution < 1.29 is 23.8 Å². The molecule has 1 amide bonds. The van der Waals surface area contributed by atoms with Gasteiger partial charge in [-0.3, -0.25) is 9.59 Å². The van der Waals surface area contributed by atoms with E-state index in [0.717, 1.165) is 5.56 Å². The summed E-state index contributed by atoms with van der Waals surface area (Å²) in [5.74, 6) is 0.00264. The molecule has 1 N–H and O–H groups in total. The summed E-state index contributed by atoms with van der Waals surface area (Å²) in [5, 5.41) is 2.72. The number of benzene rings is 2. The molecule has 2 atom stereocenters. The van der Waals surface area contributed by atoms with E-state index in [2.05, 4.69) is 5.32 Å². The number of hydrogen-bond acceptors (Lipinski definition) is 5. The largest absolute Gasteiger partial charge is 0.454 e. The van der Waals surface area contributed by atoms with Crippen LogP contribution in [0.5, 0.6) is 11.5 Å². The minimum absolute atomic E-state index is 0.165. The molecule has 1 heterocycles. The second-order valence-corrected chi connectivity index (χ2v) is 6.01. The Balaban J connectivity index is 1.60. The van der Waals surface area contributed by atoms with Gasteiger partial charge in [-0.15, -0.1) is 0 Å². The van der Waals surface area contributed by atoms with Crippen LogP contribution in [-0.2, 0) is 14.3 Å². The highest BCUT2D eigenvalue weighted by atomic mass is 16.7. The third kappa shape index (κ3) is 3.96. The molecule has 0 bridgehead atoms. The highest BCUT2D eigenvalue weighted by Crippen LogP contribution is 2.34. The summed E-state index contributed by atoms with van der Waals surface area (Å²) in [4.78, 5) is 24.8. The number of carbonyl (C=O) groups is 2. The fourth-order valence-corrected chi connectivity index (χ4v) is 2.75. The molecule has 0 aromatic heterocycles. The van der Waals surface area contributed by atoms with Crippen molar-refractivity contribution >= 4 is 17.6 Å². The molecule has 0 unspecified atom stereocenters. The molecule has 136 valence electrons. The third-order valence-corrected chi connectivity index (χ3v) is 4.20. The lowest BCUT2D eigenvalue weighted by molar-refractivity contribution is -0.154. The van der Waals surface area contributed by atoms with E-state index in [1.165, 1.54) is 0 Å².